The molecule has 0 amide bonds. The van der Waals surface area contributed by atoms with Gasteiger partial charge >= 0.3 is 0 Å². The highest BCUT2D eigenvalue weighted by molar-refractivity contribution is 5.49. The Morgan fingerprint density at radius 2 is 2.47 bits per heavy atom. The number of nitrogens with zero attached hydrogens (tertiary/aromatic N) is 1. The normalized spacial score (nSPS) is 26.4. The summed E-state index contributed by atoms with van der Waals surface area (Å²) in [6, 6.07) is 3.72. The first-order valence-electron chi connectivity index (χ1n) is 6.81. The van der Waals surface area contributed by atoms with E-state index < -0.39 is 5.60 Å². The van der Waals surface area contributed by atoms with Crippen LogP contribution in [0.4, 0.5) is 5.82 Å². The highest BCUT2D eigenvalue weighted by atomic mass is 16.5. The van der Waals surface area contributed by atoms with Gasteiger partial charge in [0.05, 0.1) is 12.7 Å². The summed E-state index contributed by atoms with van der Waals surface area (Å²) in [5.74, 6) is 1.39. The summed E-state index contributed by atoms with van der Waals surface area (Å²) in [6.07, 6.45) is 3.13. The fourth-order valence-corrected chi connectivity index (χ4v) is 2.09. The van der Waals surface area contributed by atoms with Gasteiger partial charge in [0.1, 0.15) is 5.60 Å². The number of ether oxygens (including phenoxy) is 2. The van der Waals surface area contributed by atoms with E-state index in [1.165, 1.54) is 0 Å². The van der Waals surface area contributed by atoms with Gasteiger partial charge in [-0.2, -0.15) is 0 Å². The predicted octanol–water partition coefficient (Wildman–Crippen LogP) is 1.82. The van der Waals surface area contributed by atoms with Crippen molar-refractivity contribution in [1.29, 1.82) is 0 Å². The maximum absolute atomic E-state index is 10.4. The van der Waals surface area contributed by atoms with Crippen LogP contribution < -0.4 is 10.1 Å². The zero-order valence-electron chi connectivity index (χ0n) is 11.6. The molecule has 2 N–H and O–H groups in total. The van der Waals surface area contributed by atoms with Gasteiger partial charge in [0, 0.05) is 25.8 Å². The van der Waals surface area contributed by atoms with E-state index in [-0.39, 0.29) is 6.10 Å². The SMILES string of the molecule is CCCOc1cccnc1NCC1(O)CCOC1C. The molecule has 0 aromatic carbocycles. The van der Waals surface area contributed by atoms with Crippen molar-refractivity contribution in [2.45, 2.75) is 38.4 Å². The first kappa shape index (κ1) is 14.1. The molecular formula is C14H22N2O3. The molecule has 1 aromatic heterocycles. The second-order valence-corrected chi connectivity index (χ2v) is 4.92. The van der Waals surface area contributed by atoms with E-state index in [9.17, 15) is 5.11 Å². The summed E-state index contributed by atoms with van der Waals surface area (Å²) in [7, 11) is 0. The lowest BCUT2D eigenvalue weighted by atomic mass is 9.97. The molecule has 0 saturated carbocycles. The summed E-state index contributed by atoms with van der Waals surface area (Å²) >= 11 is 0. The van der Waals surface area contributed by atoms with Gasteiger partial charge in [-0.25, -0.2) is 4.98 Å². The Labute approximate surface area is 114 Å². The molecule has 1 aliphatic rings. The summed E-state index contributed by atoms with van der Waals surface area (Å²) in [4.78, 5) is 4.26. The van der Waals surface area contributed by atoms with Gasteiger partial charge in [-0.15, -0.1) is 0 Å². The molecule has 1 aliphatic heterocycles. The number of nitrogens with one attached hydrogen (secondary N) is 1. The van der Waals surface area contributed by atoms with E-state index in [0.29, 0.717) is 32.0 Å². The summed E-state index contributed by atoms with van der Waals surface area (Å²) in [6.45, 7) is 5.61. The minimum Gasteiger partial charge on any atom is -0.490 e. The molecule has 0 spiro atoms. The third kappa shape index (κ3) is 3.36. The first-order chi connectivity index (χ1) is 9.15. The van der Waals surface area contributed by atoms with Crippen LogP contribution in [0.3, 0.4) is 0 Å². The Hall–Kier alpha value is -1.33. The van der Waals surface area contributed by atoms with Gasteiger partial charge in [0.15, 0.2) is 11.6 Å². The number of hydrogen-bond donors (Lipinski definition) is 2. The summed E-state index contributed by atoms with van der Waals surface area (Å²) in [5.41, 5.74) is -0.834. The molecule has 2 rings (SSSR count). The van der Waals surface area contributed by atoms with Crippen molar-refractivity contribution in [3.05, 3.63) is 18.3 Å². The van der Waals surface area contributed by atoms with Crippen molar-refractivity contribution in [1.82, 2.24) is 4.98 Å². The van der Waals surface area contributed by atoms with E-state index in [4.69, 9.17) is 9.47 Å². The van der Waals surface area contributed by atoms with Gasteiger partial charge < -0.3 is 19.9 Å². The lowest BCUT2D eigenvalue weighted by molar-refractivity contribution is -0.0176. The van der Waals surface area contributed by atoms with Crippen LogP contribution in [0.2, 0.25) is 0 Å². The minimum atomic E-state index is -0.834. The van der Waals surface area contributed by atoms with Crippen molar-refractivity contribution in [2.24, 2.45) is 0 Å². The minimum absolute atomic E-state index is 0.163. The molecule has 5 nitrogen and oxygen atoms in total. The van der Waals surface area contributed by atoms with Crippen LogP contribution in [0.1, 0.15) is 26.7 Å². The largest absolute Gasteiger partial charge is 0.490 e. The monoisotopic (exact) mass is 266 g/mol. The second kappa shape index (κ2) is 6.21. The van der Waals surface area contributed by atoms with Crippen LogP contribution in [0, 0.1) is 0 Å². The van der Waals surface area contributed by atoms with Crippen molar-refractivity contribution in [3.8, 4) is 5.75 Å². The quantitative estimate of drug-likeness (QED) is 0.822. The van der Waals surface area contributed by atoms with Crippen LogP contribution >= 0.6 is 0 Å². The van der Waals surface area contributed by atoms with Gasteiger partial charge in [-0.1, -0.05) is 6.92 Å². The first-order valence-corrected chi connectivity index (χ1v) is 6.81. The second-order valence-electron chi connectivity index (χ2n) is 4.92. The number of aliphatic hydroxyl groups is 1. The molecule has 0 aliphatic carbocycles. The Morgan fingerprint density at radius 3 is 3.16 bits per heavy atom. The summed E-state index contributed by atoms with van der Waals surface area (Å²) in [5, 5.41) is 13.6. The zero-order valence-corrected chi connectivity index (χ0v) is 11.6. The standard InChI is InChI=1S/C14H22N2O3/c1-3-8-19-12-5-4-7-15-13(12)16-10-14(17)6-9-18-11(14)2/h4-5,7,11,17H,3,6,8-10H2,1-2H3,(H,15,16). The van der Waals surface area contributed by atoms with E-state index in [0.717, 1.165) is 12.2 Å². The third-order valence-electron chi connectivity index (χ3n) is 3.45. The average molecular weight is 266 g/mol. The summed E-state index contributed by atoms with van der Waals surface area (Å²) < 4.78 is 11.0. The number of pyridine rings is 1. The van der Waals surface area contributed by atoms with Crippen LogP contribution in [0.25, 0.3) is 0 Å². The molecule has 0 bridgehead atoms. The van der Waals surface area contributed by atoms with Crippen molar-refractivity contribution in [3.63, 3.8) is 0 Å². The molecule has 0 radical (unpaired) electrons. The molecule has 2 unspecified atom stereocenters. The lowest BCUT2D eigenvalue weighted by Gasteiger charge is -2.26. The van der Waals surface area contributed by atoms with Crippen molar-refractivity contribution >= 4 is 5.82 Å². The van der Waals surface area contributed by atoms with E-state index in [1.54, 1.807) is 6.20 Å². The number of rotatable bonds is 6. The molecule has 1 fully saturated rings. The van der Waals surface area contributed by atoms with E-state index in [1.807, 2.05) is 19.1 Å². The fourth-order valence-electron chi connectivity index (χ4n) is 2.09. The topological polar surface area (TPSA) is 63.6 Å². The molecule has 5 heteroatoms. The van der Waals surface area contributed by atoms with Crippen molar-refractivity contribution < 1.29 is 14.6 Å². The number of anilines is 1. The smallest absolute Gasteiger partial charge is 0.168 e. The maximum Gasteiger partial charge on any atom is 0.168 e. The Balaban J connectivity index is 1.99. The van der Waals surface area contributed by atoms with Gasteiger partial charge in [-0.05, 0) is 25.5 Å². The predicted molar refractivity (Wildman–Crippen MR) is 73.5 cm³/mol. The van der Waals surface area contributed by atoms with Crippen molar-refractivity contribution in [2.75, 3.05) is 25.1 Å². The van der Waals surface area contributed by atoms with Gasteiger partial charge in [0.25, 0.3) is 0 Å². The Kier molecular flexibility index (Phi) is 4.61. The van der Waals surface area contributed by atoms with Crippen LogP contribution in [0.5, 0.6) is 5.75 Å². The highest BCUT2D eigenvalue weighted by Crippen LogP contribution is 2.27. The molecule has 1 saturated heterocycles. The third-order valence-corrected chi connectivity index (χ3v) is 3.45. The molecule has 2 atom stereocenters. The molecular weight excluding hydrogens is 244 g/mol. The molecule has 106 valence electrons. The number of hydrogen-bond acceptors (Lipinski definition) is 5. The lowest BCUT2D eigenvalue weighted by Crippen LogP contribution is -2.43. The Morgan fingerprint density at radius 1 is 1.63 bits per heavy atom. The van der Waals surface area contributed by atoms with Gasteiger partial charge in [-0.3, -0.25) is 0 Å². The van der Waals surface area contributed by atoms with E-state index >= 15 is 0 Å². The van der Waals surface area contributed by atoms with Crippen LogP contribution in [0.15, 0.2) is 18.3 Å². The van der Waals surface area contributed by atoms with E-state index in [2.05, 4.69) is 17.2 Å². The fraction of sp³-hybridized carbons (Fsp3) is 0.643. The molecule has 1 aromatic rings. The van der Waals surface area contributed by atoms with Gasteiger partial charge in [0.2, 0.25) is 0 Å². The number of aromatic nitrogens is 1. The molecule has 19 heavy (non-hydrogen) atoms. The van der Waals surface area contributed by atoms with Crippen LogP contribution in [-0.2, 0) is 4.74 Å². The van der Waals surface area contributed by atoms with Crippen LogP contribution in [-0.4, -0.2) is 41.6 Å². The zero-order chi connectivity index (χ0) is 13.7. The maximum atomic E-state index is 10.4. The average Bonchev–Trinajstić information content (AvgIpc) is 2.75. The Bertz CT molecular complexity index is 413. The highest BCUT2D eigenvalue weighted by Gasteiger charge is 2.39. The molecule has 2 heterocycles.